The van der Waals surface area contributed by atoms with Crippen LogP contribution in [0.5, 0.6) is 0 Å². The Morgan fingerprint density at radius 1 is 0.161 bits per heavy atom. The van der Waals surface area contributed by atoms with Gasteiger partial charge in [-0.3, -0.25) is 0 Å². The van der Waals surface area contributed by atoms with Gasteiger partial charge in [0.05, 0.1) is 0 Å². The number of rotatable bonds is 7. The quantitative estimate of drug-likeness (QED) is 0.153. The van der Waals surface area contributed by atoms with Crippen LogP contribution in [0, 0.1) is 0 Å². The van der Waals surface area contributed by atoms with E-state index >= 15 is 0 Å². The van der Waals surface area contributed by atoms with Crippen LogP contribution >= 0.6 is 0 Å². The third-order valence-electron chi connectivity index (χ3n) is 7.25. The standard InChI is InChI=1S/7C8H8/c7*1-2-8-6-4-3-5-7-8/h7*2-7H,1H2. The number of hydrogen-bond donors (Lipinski definition) is 0. The summed E-state index contributed by atoms with van der Waals surface area (Å²) in [5.41, 5.74) is 8.22. The Bertz CT molecular complexity index is 1570. The van der Waals surface area contributed by atoms with Crippen LogP contribution < -0.4 is 0 Å². The molecule has 0 N–H and O–H groups in total. The molecule has 0 heterocycles. The second-order valence-corrected chi connectivity index (χ2v) is 11.3. The van der Waals surface area contributed by atoms with Crippen molar-refractivity contribution in [2.75, 3.05) is 0 Å². The molecule has 0 aliphatic heterocycles. The van der Waals surface area contributed by atoms with Crippen molar-refractivity contribution in [2.45, 2.75) is 0 Å². The van der Waals surface area contributed by atoms with E-state index in [4.69, 9.17) is 0 Å². The van der Waals surface area contributed by atoms with Gasteiger partial charge in [-0.15, -0.1) is 0 Å². The van der Waals surface area contributed by atoms with Crippen molar-refractivity contribution in [1.82, 2.24) is 0 Å². The second-order valence-electron chi connectivity index (χ2n) is 11.3. The van der Waals surface area contributed by atoms with Gasteiger partial charge in [0.1, 0.15) is 0 Å². The first kappa shape index (κ1) is 46.7. The summed E-state index contributed by atoms with van der Waals surface area (Å²) in [6, 6.07) is 70.2. The first-order valence-electron chi connectivity index (χ1n) is 18.3. The van der Waals surface area contributed by atoms with Gasteiger partial charge in [-0.25, -0.2) is 0 Å². The van der Waals surface area contributed by atoms with Gasteiger partial charge in [-0.1, -0.05) is 301 Å². The molecule has 0 aliphatic carbocycles. The van der Waals surface area contributed by atoms with E-state index in [1.54, 1.807) is 0 Å². The summed E-state index contributed by atoms with van der Waals surface area (Å²) in [6.45, 7) is 25.4. The zero-order valence-electron chi connectivity index (χ0n) is 32.7. The highest BCUT2D eigenvalue weighted by Gasteiger charge is 1.80. The molecule has 0 saturated carbocycles. The molecule has 0 bridgehead atoms. The van der Waals surface area contributed by atoms with Crippen LogP contribution in [0.15, 0.2) is 258 Å². The van der Waals surface area contributed by atoms with Crippen LogP contribution in [0.25, 0.3) is 42.5 Å². The van der Waals surface area contributed by atoms with Crippen molar-refractivity contribution in [3.8, 4) is 0 Å². The Kier molecular flexibility index (Phi) is 28.0. The van der Waals surface area contributed by atoms with Crippen LogP contribution in [0.1, 0.15) is 38.9 Å². The normalized spacial score (nSPS) is 8.50. The molecule has 0 unspecified atom stereocenters. The predicted molar refractivity (Wildman–Crippen MR) is 256 cm³/mol. The van der Waals surface area contributed by atoms with E-state index in [2.05, 4.69) is 46.1 Å². The SMILES string of the molecule is C=Cc1ccccc1.C=Cc1ccccc1.C=Cc1ccccc1.C=Cc1ccccc1.C=Cc1ccccc1.C=Cc1ccccc1.C=Cc1ccccc1. The van der Waals surface area contributed by atoms with Crippen LogP contribution in [-0.4, -0.2) is 0 Å². The van der Waals surface area contributed by atoms with Crippen LogP contribution in [-0.2, 0) is 0 Å². The molecular formula is C56H56. The molecule has 7 rings (SSSR count). The Labute approximate surface area is 338 Å². The molecule has 0 aromatic heterocycles. The minimum absolute atomic E-state index is 1.17. The lowest BCUT2D eigenvalue weighted by Crippen LogP contribution is -1.63. The largest absolute Gasteiger partial charge is 0.0985 e. The van der Waals surface area contributed by atoms with Gasteiger partial charge in [-0.05, 0) is 38.9 Å². The second kappa shape index (κ2) is 33.5. The Morgan fingerprint density at radius 3 is 0.304 bits per heavy atom. The van der Waals surface area contributed by atoms with Gasteiger partial charge >= 0.3 is 0 Å². The van der Waals surface area contributed by atoms with Crippen molar-refractivity contribution in [3.63, 3.8) is 0 Å². The van der Waals surface area contributed by atoms with E-state index < -0.39 is 0 Å². The third kappa shape index (κ3) is 24.8. The summed E-state index contributed by atoms with van der Waals surface area (Å²) in [5, 5.41) is 0. The topological polar surface area (TPSA) is 0 Å². The molecule has 7 aromatic rings. The maximum absolute atomic E-state index is 3.63. The number of benzene rings is 7. The van der Waals surface area contributed by atoms with E-state index in [0.29, 0.717) is 0 Å². The van der Waals surface area contributed by atoms with Gasteiger partial charge in [0.2, 0.25) is 0 Å². The lowest BCUT2D eigenvalue weighted by Gasteiger charge is -1.85. The molecule has 0 nitrogen and oxygen atoms in total. The average Bonchev–Trinajstić information content (AvgIpc) is 3.32. The van der Waals surface area contributed by atoms with Crippen molar-refractivity contribution in [2.24, 2.45) is 0 Å². The minimum Gasteiger partial charge on any atom is -0.0985 e. The molecule has 0 amide bonds. The Morgan fingerprint density at radius 2 is 0.250 bits per heavy atom. The predicted octanol–water partition coefficient (Wildman–Crippen LogP) is 16.3. The summed E-state index contributed by atoms with van der Waals surface area (Å²) in [4.78, 5) is 0. The van der Waals surface area contributed by atoms with Crippen molar-refractivity contribution >= 4 is 42.5 Å². The smallest absolute Gasteiger partial charge is 0.0263 e. The van der Waals surface area contributed by atoms with E-state index in [-0.39, 0.29) is 0 Å². The highest BCUT2D eigenvalue weighted by atomic mass is 13.9. The fraction of sp³-hybridized carbons (Fsp3) is 0. The van der Waals surface area contributed by atoms with Crippen molar-refractivity contribution < 1.29 is 0 Å². The van der Waals surface area contributed by atoms with Crippen molar-refractivity contribution in [3.05, 3.63) is 297 Å². The molecular weight excluding hydrogens is 673 g/mol. The summed E-state index contributed by atoms with van der Waals surface area (Å²) < 4.78 is 0. The zero-order chi connectivity index (χ0) is 40.7. The zero-order valence-corrected chi connectivity index (χ0v) is 32.7. The minimum atomic E-state index is 1.17. The first-order chi connectivity index (χ1) is 27.5. The fourth-order valence-electron chi connectivity index (χ4n) is 4.12. The molecule has 0 saturated heterocycles. The monoisotopic (exact) mass is 728 g/mol. The van der Waals surface area contributed by atoms with E-state index in [1.807, 2.05) is 255 Å². The fourth-order valence-corrected chi connectivity index (χ4v) is 4.12. The molecule has 0 spiro atoms. The maximum Gasteiger partial charge on any atom is -0.0263 e. The summed E-state index contributed by atoms with van der Waals surface area (Å²) in [7, 11) is 0. The summed E-state index contributed by atoms with van der Waals surface area (Å²) in [5.74, 6) is 0. The van der Waals surface area contributed by atoms with Gasteiger partial charge in [0, 0.05) is 0 Å². The molecule has 0 radical (unpaired) electrons. The maximum atomic E-state index is 3.63. The number of hydrogen-bond acceptors (Lipinski definition) is 0. The Hall–Kier alpha value is -7.28. The highest BCUT2D eigenvalue weighted by Crippen LogP contribution is 2.01. The Balaban J connectivity index is 0.000000327. The van der Waals surface area contributed by atoms with Gasteiger partial charge in [0.25, 0.3) is 0 Å². The average molecular weight is 729 g/mol. The molecule has 0 heteroatoms. The van der Waals surface area contributed by atoms with Gasteiger partial charge < -0.3 is 0 Å². The molecule has 56 heavy (non-hydrogen) atoms. The lowest BCUT2D eigenvalue weighted by molar-refractivity contribution is 1.67. The van der Waals surface area contributed by atoms with Gasteiger partial charge in [0.15, 0.2) is 0 Å². The molecule has 280 valence electrons. The van der Waals surface area contributed by atoms with Gasteiger partial charge in [-0.2, -0.15) is 0 Å². The highest BCUT2D eigenvalue weighted by molar-refractivity contribution is 5.49. The van der Waals surface area contributed by atoms with E-state index in [1.165, 1.54) is 38.9 Å². The summed E-state index contributed by atoms with van der Waals surface area (Å²) in [6.07, 6.45) is 12.8. The van der Waals surface area contributed by atoms with E-state index in [0.717, 1.165) is 0 Å². The summed E-state index contributed by atoms with van der Waals surface area (Å²) >= 11 is 0. The lowest BCUT2D eigenvalue weighted by atomic mass is 10.2. The molecule has 0 atom stereocenters. The molecule has 7 aromatic carbocycles. The van der Waals surface area contributed by atoms with Crippen molar-refractivity contribution in [1.29, 1.82) is 0 Å². The molecule has 0 aliphatic rings. The van der Waals surface area contributed by atoms with Crippen LogP contribution in [0.2, 0.25) is 0 Å². The third-order valence-corrected chi connectivity index (χ3v) is 7.25. The van der Waals surface area contributed by atoms with E-state index in [9.17, 15) is 0 Å². The van der Waals surface area contributed by atoms with Crippen LogP contribution in [0.4, 0.5) is 0 Å². The first-order valence-corrected chi connectivity index (χ1v) is 18.3. The molecule has 0 fully saturated rings. The van der Waals surface area contributed by atoms with Crippen LogP contribution in [0.3, 0.4) is 0 Å².